The van der Waals surface area contributed by atoms with Gasteiger partial charge in [0.2, 0.25) is 0 Å². The zero-order valence-electron chi connectivity index (χ0n) is 19.5. The summed E-state index contributed by atoms with van der Waals surface area (Å²) in [5.41, 5.74) is 0.500. The standard InChI is InChI=1S/C26H46N2OS/c1-2-3-4-5-6-7-8-9-10-11-12-13-14-15-16-19-23-30-24-22-28-26(29)25-20-17-18-21-27-25/h17-18,20-21H,2-16,19,22-24H2,1H3,(H,28,29). The summed E-state index contributed by atoms with van der Waals surface area (Å²) in [6, 6.07) is 5.41. The molecule has 0 aliphatic heterocycles. The summed E-state index contributed by atoms with van der Waals surface area (Å²) in [4.78, 5) is 15.9. The quantitative estimate of drug-likeness (QED) is 0.201. The van der Waals surface area contributed by atoms with E-state index in [1.165, 1.54) is 108 Å². The highest BCUT2D eigenvalue weighted by molar-refractivity contribution is 7.99. The van der Waals surface area contributed by atoms with Gasteiger partial charge in [0, 0.05) is 18.5 Å². The molecule has 0 bridgehead atoms. The summed E-state index contributed by atoms with van der Waals surface area (Å²) in [6.07, 6.45) is 24.3. The van der Waals surface area contributed by atoms with Gasteiger partial charge in [-0.25, -0.2) is 0 Å². The van der Waals surface area contributed by atoms with Gasteiger partial charge in [0.15, 0.2) is 0 Å². The summed E-state index contributed by atoms with van der Waals surface area (Å²) in [5, 5.41) is 2.93. The lowest BCUT2D eigenvalue weighted by molar-refractivity contribution is 0.0951. The van der Waals surface area contributed by atoms with Gasteiger partial charge < -0.3 is 5.32 Å². The van der Waals surface area contributed by atoms with Crippen LogP contribution in [0.15, 0.2) is 24.4 Å². The van der Waals surface area contributed by atoms with Crippen molar-refractivity contribution in [2.24, 2.45) is 0 Å². The normalized spacial score (nSPS) is 11.0. The second-order valence-corrected chi connectivity index (χ2v) is 9.61. The molecular weight excluding hydrogens is 388 g/mol. The van der Waals surface area contributed by atoms with Crippen LogP contribution in [0.3, 0.4) is 0 Å². The Bertz CT molecular complexity index is 495. The average Bonchev–Trinajstić information content (AvgIpc) is 2.78. The molecule has 0 saturated carbocycles. The highest BCUT2D eigenvalue weighted by Crippen LogP contribution is 2.14. The molecule has 0 fully saturated rings. The van der Waals surface area contributed by atoms with Gasteiger partial charge in [0.05, 0.1) is 0 Å². The first-order valence-electron chi connectivity index (χ1n) is 12.6. The van der Waals surface area contributed by atoms with E-state index < -0.39 is 0 Å². The fraction of sp³-hybridized carbons (Fsp3) is 0.769. The van der Waals surface area contributed by atoms with Gasteiger partial charge in [-0.05, 0) is 24.3 Å². The molecule has 1 rings (SSSR count). The van der Waals surface area contributed by atoms with Crippen molar-refractivity contribution in [2.75, 3.05) is 18.1 Å². The molecule has 30 heavy (non-hydrogen) atoms. The van der Waals surface area contributed by atoms with E-state index in [4.69, 9.17) is 0 Å². The lowest BCUT2D eigenvalue weighted by Crippen LogP contribution is -2.26. The van der Waals surface area contributed by atoms with E-state index in [2.05, 4.69) is 17.2 Å². The van der Waals surface area contributed by atoms with E-state index >= 15 is 0 Å². The maximum atomic E-state index is 11.9. The number of carbonyl (C=O) groups excluding carboxylic acids is 1. The molecule has 1 aromatic rings. The maximum Gasteiger partial charge on any atom is 0.269 e. The summed E-state index contributed by atoms with van der Waals surface area (Å²) in [7, 11) is 0. The monoisotopic (exact) mass is 434 g/mol. The molecule has 1 N–H and O–H groups in total. The fourth-order valence-electron chi connectivity index (χ4n) is 3.68. The van der Waals surface area contributed by atoms with Gasteiger partial charge in [-0.2, -0.15) is 11.8 Å². The predicted octanol–water partition coefficient (Wildman–Crippen LogP) is 7.81. The lowest BCUT2D eigenvalue weighted by atomic mass is 10.0. The minimum atomic E-state index is -0.0707. The highest BCUT2D eigenvalue weighted by atomic mass is 32.2. The molecule has 0 aromatic carbocycles. The Hall–Kier alpha value is -1.03. The number of carbonyl (C=O) groups is 1. The van der Waals surface area contributed by atoms with Crippen molar-refractivity contribution in [3.05, 3.63) is 30.1 Å². The average molecular weight is 435 g/mol. The smallest absolute Gasteiger partial charge is 0.269 e. The number of hydrogen-bond acceptors (Lipinski definition) is 3. The Morgan fingerprint density at radius 1 is 0.767 bits per heavy atom. The molecule has 0 spiro atoms. The predicted molar refractivity (Wildman–Crippen MR) is 133 cm³/mol. The molecule has 1 amide bonds. The molecule has 0 unspecified atom stereocenters. The molecule has 172 valence electrons. The van der Waals surface area contributed by atoms with Crippen molar-refractivity contribution in [1.82, 2.24) is 10.3 Å². The number of hydrogen-bond donors (Lipinski definition) is 1. The van der Waals surface area contributed by atoms with Gasteiger partial charge in [0.1, 0.15) is 5.69 Å². The van der Waals surface area contributed by atoms with Crippen LogP contribution in [0, 0.1) is 0 Å². The number of nitrogens with zero attached hydrogens (tertiary/aromatic N) is 1. The van der Waals surface area contributed by atoms with Crippen LogP contribution in [0.2, 0.25) is 0 Å². The number of amides is 1. The van der Waals surface area contributed by atoms with Crippen molar-refractivity contribution in [3.8, 4) is 0 Å². The fourth-order valence-corrected chi connectivity index (χ4v) is 4.54. The third-order valence-corrected chi connectivity index (χ3v) is 6.64. The van der Waals surface area contributed by atoms with Gasteiger partial charge >= 0.3 is 0 Å². The van der Waals surface area contributed by atoms with Crippen molar-refractivity contribution < 1.29 is 4.79 Å². The zero-order chi connectivity index (χ0) is 21.5. The van der Waals surface area contributed by atoms with Crippen molar-refractivity contribution in [3.63, 3.8) is 0 Å². The Morgan fingerprint density at radius 2 is 1.30 bits per heavy atom. The number of nitrogens with one attached hydrogen (secondary N) is 1. The first-order chi connectivity index (χ1) is 14.8. The van der Waals surface area contributed by atoms with Crippen LogP contribution < -0.4 is 5.32 Å². The Labute approximate surface area is 190 Å². The van der Waals surface area contributed by atoms with Crippen LogP contribution in [0.1, 0.15) is 120 Å². The molecule has 3 nitrogen and oxygen atoms in total. The van der Waals surface area contributed by atoms with Crippen molar-refractivity contribution in [2.45, 2.75) is 110 Å². The van der Waals surface area contributed by atoms with Crippen LogP contribution in [-0.2, 0) is 0 Å². The molecule has 0 aliphatic carbocycles. The number of pyridine rings is 1. The van der Waals surface area contributed by atoms with Gasteiger partial charge in [-0.15, -0.1) is 0 Å². The van der Waals surface area contributed by atoms with Crippen LogP contribution in [0.25, 0.3) is 0 Å². The Balaban J connectivity index is 1.71. The molecule has 1 heterocycles. The van der Waals surface area contributed by atoms with E-state index in [0.29, 0.717) is 5.69 Å². The van der Waals surface area contributed by atoms with Crippen LogP contribution >= 0.6 is 11.8 Å². The Kier molecular flexibility index (Phi) is 19.1. The van der Waals surface area contributed by atoms with Crippen molar-refractivity contribution >= 4 is 17.7 Å². The van der Waals surface area contributed by atoms with Crippen LogP contribution in [0.5, 0.6) is 0 Å². The van der Waals surface area contributed by atoms with E-state index in [-0.39, 0.29) is 5.91 Å². The van der Waals surface area contributed by atoms with E-state index in [9.17, 15) is 4.79 Å². The highest BCUT2D eigenvalue weighted by Gasteiger charge is 2.04. The van der Waals surface area contributed by atoms with Gasteiger partial charge in [0.25, 0.3) is 5.91 Å². The number of aromatic nitrogens is 1. The number of thioether (sulfide) groups is 1. The summed E-state index contributed by atoms with van der Waals surface area (Å²) < 4.78 is 0. The lowest BCUT2D eigenvalue weighted by Gasteiger charge is -2.05. The van der Waals surface area contributed by atoms with Crippen LogP contribution in [0.4, 0.5) is 0 Å². The molecule has 4 heteroatoms. The van der Waals surface area contributed by atoms with Gasteiger partial charge in [-0.3, -0.25) is 9.78 Å². The molecule has 1 aromatic heterocycles. The molecular formula is C26H46N2OS. The third kappa shape index (κ3) is 16.7. The number of rotatable bonds is 21. The molecule has 0 saturated heterocycles. The minimum absolute atomic E-state index is 0.0707. The SMILES string of the molecule is CCCCCCCCCCCCCCCCCCSCCNC(=O)c1ccccn1. The second-order valence-electron chi connectivity index (χ2n) is 8.39. The number of unbranched alkanes of at least 4 members (excludes halogenated alkanes) is 15. The van der Waals surface area contributed by atoms with E-state index in [1.807, 2.05) is 23.9 Å². The third-order valence-electron chi connectivity index (χ3n) is 5.57. The minimum Gasteiger partial charge on any atom is -0.350 e. The zero-order valence-corrected chi connectivity index (χ0v) is 20.3. The summed E-state index contributed by atoms with van der Waals surface area (Å²) in [6.45, 7) is 3.01. The maximum absolute atomic E-state index is 11.9. The molecule has 0 aliphatic rings. The second kappa shape index (κ2) is 21.2. The topological polar surface area (TPSA) is 42.0 Å². The largest absolute Gasteiger partial charge is 0.350 e. The Morgan fingerprint density at radius 3 is 1.80 bits per heavy atom. The molecule has 0 radical (unpaired) electrons. The summed E-state index contributed by atoms with van der Waals surface area (Å²) in [5.74, 6) is 2.12. The molecule has 0 atom stereocenters. The van der Waals surface area contributed by atoms with Crippen LogP contribution in [-0.4, -0.2) is 28.9 Å². The van der Waals surface area contributed by atoms with Crippen molar-refractivity contribution in [1.29, 1.82) is 0 Å². The van der Waals surface area contributed by atoms with Gasteiger partial charge in [-0.1, -0.05) is 109 Å². The van der Waals surface area contributed by atoms with E-state index in [1.54, 1.807) is 12.3 Å². The first kappa shape index (κ1) is 27.0. The van der Waals surface area contributed by atoms with E-state index in [0.717, 1.165) is 12.3 Å². The first-order valence-corrected chi connectivity index (χ1v) is 13.8. The summed E-state index contributed by atoms with van der Waals surface area (Å²) >= 11 is 1.94.